The van der Waals surface area contributed by atoms with E-state index in [1.807, 2.05) is 30.8 Å². The number of carboxylic acid groups (broad SMARTS) is 1. The minimum Gasteiger partial charge on any atom is -0.493 e. The van der Waals surface area contributed by atoms with Crippen LogP contribution in [0, 0.1) is 6.92 Å². The zero-order valence-electron chi connectivity index (χ0n) is 11.7. The third-order valence-corrected chi connectivity index (χ3v) is 4.00. The van der Waals surface area contributed by atoms with Crippen LogP contribution in [0.15, 0.2) is 22.7 Å². The van der Waals surface area contributed by atoms with Crippen LogP contribution in [0.3, 0.4) is 0 Å². The predicted molar refractivity (Wildman–Crippen MR) is 88.7 cm³/mol. The van der Waals surface area contributed by atoms with Crippen LogP contribution in [-0.4, -0.2) is 29.2 Å². The molecule has 0 bridgehead atoms. The van der Waals surface area contributed by atoms with Crippen LogP contribution >= 0.6 is 27.7 Å². The van der Waals surface area contributed by atoms with Gasteiger partial charge in [-0.3, -0.25) is 0 Å². The quantitative estimate of drug-likeness (QED) is 0.553. The van der Waals surface area contributed by atoms with Crippen molar-refractivity contribution in [1.29, 1.82) is 0 Å². The normalized spacial score (nSPS) is 10.9. The maximum atomic E-state index is 10.6. The molecule has 1 aromatic carbocycles. The van der Waals surface area contributed by atoms with Crippen LogP contribution in [0.1, 0.15) is 24.5 Å². The predicted octanol–water partition coefficient (Wildman–Crippen LogP) is 4.38. The third-order valence-electron chi connectivity index (χ3n) is 2.56. The van der Waals surface area contributed by atoms with Gasteiger partial charge in [-0.15, -0.1) is 0 Å². The molecule has 0 aliphatic carbocycles. The van der Waals surface area contributed by atoms with Gasteiger partial charge in [0.15, 0.2) is 0 Å². The Balaban J connectivity index is 2.79. The Bertz CT molecular complexity index is 486. The van der Waals surface area contributed by atoms with Crippen LogP contribution < -0.4 is 4.74 Å². The Morgan fingerprint density at radius 1 is 1.50 bits per heavy atom. The first-order chi connectivity index (χ1) is 9.54. The molecule has 0 unspecified atom stereocenters. The number of aryl methyl sites for hydroxylation is 1. The molecule has 1 rings (SSSR count). The maximum absolute atomic E-state index is 10.6. The van der Waals surface area contributed by atoms with Gasteiger partial charge in [0.1, 0.15) is 5.75 Å². The average molecular weight is 359 g/mol. The van der Waals surface area contributed by atoms with Crippen molar-refractivity contribution in [2.45, 2.75) is 20.3 Å². The number of carboxylic acids is 1. The third kappa shape index (κ3) is 6.01. The highest BCUT2D eigenvalue weighted by Gasteiger charge is 2.07. The molecule has 1 aromatic rings. The van der Waals surface area contributed by atoms with Gasteiger partial charge < -0.3 is 9.84 Å². The number of ether oxygens (including phenoxy) is 1. The molecule has 5 heteroatoms. The Hall–Kier alpha value is -0.940. The van der Waals surface area contributed by atoms with E-state index in [1.165, 1.54) is 0 Å². The summed E-state index contributed by atoms with van der Waals surface area (Å²) in [6.07, 6.45) is 3.67. The molecule has 0 aliphatic rings. The van der Waals surface area contributed by atoms with Crippen molar-refractivity contribution >= 4 is 39.7 Å². The topological polar surface area (TPSA) is 46.5 Å². The number of rotatable bonds is 8. The van der Waals surface area contributed by atoms with Crippen LogP contribution in [0.25, 0.3) is 6.08 Å². The number of aliphatic carboxylic acids is 1. The van der Waals surface area contributed by atoms with E-state index in [0.29, 0.717) is 6.61 Å². The highest BCUT2D eigenvalue weighted by atomic mass is 79.9. The number of benzene rings is 1. The zero-order valence-corrected chi connectivity index (χ0v) is 14.1. The van der Waals surface area contributed by atoms with Crippen LogP contribution in [0.4, 0.5) is 0 Å². The Kier molecular flexibility index (Phi) is 7.77. The molecule has 0 amide bonds. The van der Waals surface area contributed by atoms with Gasteiger partial charge in [-0.05, 0) is 48.6 Å². The van der Waals surface area contributed by atoms with E-state index >= 15 is 0 Å². The minimum atomic E-state index is -0.965. The number of carbonyl (C=O) groups is 1. The van der Waals surface area contributed by atoms with Crippen molar-refractivity contribution in [2.24, 2.45) is 0 Å². The fourth-order valence-corrected chi connectivity index (χ4v) is 2.92. The standard InChI is InChI=1S/C15H19BrO3S/c1-3-20-8-4-7-19-15-11(2)9-13(16)10-12(15)5-6-14(17)18/h5-6,9-10H,3-4,7-8H2,1-2H3,(H,17,18)/b6-5+. The number of hydrogen-bond donors (Lipinski definition) is 1. The lowest BCUT2D eigenvalue weighted by atomic mass is 10.1. The van der Waals surface area contributed by atoms with Crippen LogP contribution in [0.5, 0.6) is 5.75 Å². The van der Waals surface area contributed by atoms with Gasteiger partial charge in [0, 0.05) is 16.1 Å². The van der Waals surface area contributed by atoms with Crippen molar-refractivity contribution in [3.05, 3.63) is 33.8 Å². The Morgan fingerprint density at radius 3 is 2.90 bits per heavy atom. The number of halogens is 1. The maximum Gasteiger partial charge on any atom is 0.328 e. The van der Waals surface area contributed by atoms with Gasteiger partial charge >= 0.3 is 5.97 Å². The second-order valence-corrected chi connectivity index (χ2v) is 6.52. The summed E-state index contributed by atoms with van der Waals surface area (Å²) in [4.78, 5) is 10.6. The molecule has 0 radical (unpaired) electrons. The van der Waals surface area contributed by atoms with E-state index < -0.39 is 5.97 Å². The first kappa shape index (κ1) is 17.1. The van der Waals surface area contributed by atoms with Gasteiger partial charge in [-0.2, -0.15) is 11.8 Å². The minimum absolute atomic E-state index is 0.642. The summed E-state index contributed by atoms with van der Waals surface area (Å²) in [5.74, 6) is 1.98. The summed E-state index contributed by atoms with van der Waals surface area (Å²) < 4.78 is 6.73. The first-order valence-corrected chi connectivity index (χ1v) is 8.41. The molecule has 0 heterocycles. The lowest BCUT2D eigenvalue weighted by Gasteiger charge is -2.13. The fraction of sp³-hybridized carbons (Fsp3) is 0.400. The van der Waals surface area contributed by atoms with Gasteiger partial charge in [0.2, 0.25) is 0 Å². The molecule has 0 atom stereocenters. The van der Waals surface area contributed by atoms with E-state index in [2.05, 4.69) is 22.9 Å². The van der Waals surface area contributed by atoms with E-state index in [9.17, 15) is 4.79 Å². The molecule has 1 N–H and O–H groups in total. The highest BCUT2D eigenvalue weighted by Crippen LogP contribution is 2.29. The summed E-state index contributed by atoms with van der Waals surface area (Å²) in [6.45, 7) is 4.74. The summed E-state index contributed by atoms with van der Waals surface area (Å²) in [5, 5.41) is 8.74. The van der Waals surface area contributed by atoms with Crippen molar-refractivity contribution in [3.63, 3.8) is 0 Å². The van der Waals surface area contributed by atoms with Gasteiger partial charge in [-0.25, -0.2) is 4.79 Å². The van der Waals surface area contributed by atoms with Crippen LogP contribution in [-0.2, 0) is 4.79 Å². The van der Waals surface area contributed by atoms with E-state index in [0.717, 1.165) is 45.4 Å². The molecule has 0 aliphatic heterocycles. The lowest BCUT2D eigenvalue weighted by molar-refractivity contribution is -0.131. The molecular weight excluding hydrogens is 340 g/mol. The smallest absolute Gasteiger partial charge is 0.328 e. The number of hydrogen-bond acceptors (Lipinski definition) is 3. The van der Waals surface area contributed by atoms with Crippen molar-refractivity contribution in [1.82, 2.24) is 0 Å². The number of thioether (sulfide) groups is 1. The summed E-state index contributed by atoms with van der Waals surface area (Å²) in [7, 11) is 0. The molecule has 20 heavy (non-hydrogen) atoms. The lowest BCUT2D eigenvalue weighted by Crippen LogP contribution is -2.02. The monoisotopic (exact) mass is 358 g/mol. The second kappa shape index (κ2) is 9.08. The zero-order chi connectivity index (χ0) is 15.0. The molecule has 0 fully saturated rings. The van der Waals surface area contributed by atoms with E-state index in [4.69, 9.17) is 9.84 Å². The van der Waals surface area contributed by atoms with Crippen molar-refractivity contribution in [2.75, 3.05) is 18.1 Å². The highest BCUT2D eigenvalue weighted by molar-refractivity contribution is 9.10. The van der Waals surface area contributed by atoms with Crippen molar-refractivity contribution in [3.8, 4) is 5.75 Å². The fourth-order valence-electron chi connectivity index (χ4n) is 1.72. The molecule has 3 nitrogen and oxygen atoms in total. The molecular formula is C15H19BrO3S. The molecule has 0 saturated heterocycles. The average Bonchev–Trinajstić information content (AvgIpc) is 2.38. The van der Waals surface area contributed by atoms with Crippen LogP contribution in [0.2, 0.25) is 0 Å². The first-order valence-electron chi connectivity index (χ1n) is 6.46. The molecule has 0 spiro atoms. The summed E-state index contributed by atoms with van der Waals surface area (Å²) in [6, 6.07) is 3.83. The Morgan fingerprint density at radius 2 is 2.25 bits per heavy atom. The van der Waals surface area contributed by atoms with Gasteiger partial charge in [0.25, 0.3) is 0 Å². The summed E-state index contributed by atoms with van der Waals surface area (Å²) in [5.41, 5.74) is 1.77. The molecule has 0 aromatic heterocycles. The SMILES string of the molecule is CCSCCCOc1c(C)cc(Br)cc1/C=C/C(=O)O. The van der Waals surface area contributed by atoms with Gasteiger partial charge in [0.05, 0.1) is 6.61 Å². The molecule has 110 valence electrons. The van der Waals surface area contributed by atoms with Crippen molar-refractivity contribution < 1.29 is 14.6 Å². The largest absolute Gasteiger partial charge is 0.493 e. The van der Waals surface area contributed by atoms with E-state index in [-0.39, 0.29) is 0 Å². The Labute approximate surface area is 132 Å². The van der Waals surface area contributed by atoms with Gasteiger partial charge in [-0.1, -0.05) is 22.9 Å². The second-order valence-electron chi connectivity index (χ2n) is 4.21. The molecule has 0 saturated carbocycles. The van der Waals surface area contributed by atoms with E-state index in [1.54, 1.807) is 6.08 Å². The summed E-state index contributed by atoms with van der Waals surface area (Å²) >= 11 is 5.31.